The lowest BCUT2D eigenvalue weighted by atomic mass is 9.95. The molecule has 0 spiro atoms. The van der Waals surface area contributed by atoms with E-state index in [1.807, 2.05) is 20.9 Å². The van der Waals surface area contributed by atoms with Crippen LogP contribution in [0.15, 0.2) is 0 Å². The molecule has 0 amide bonds. The van der Waals surface area contributed by atoms with Gasteiger partial charge in [0.1, 0.15) is 5.54 Å². The van der Waals surface area contributed by atoms with Gasteiger partial charge in [0.25, 0.3) is 0 Å². The lowest BCUT2D eigenvalue weighted by Gasteiger charge is -2.47. The molecule has 5 heteroatoms. The summed E-state index contributed by atoms with van der Waals surface area (Å²) in [5.41, 5.74) is -0.966. The van der Waals surface area contributed by atoms with Gasteiger partial charge in [0.2, 0.25) is 0 Å². The summed E-state index contributed by atoms with van der Waals surface area (Å²) < 4.78 is 11.3. The van der Waals surface area contributed by atoms with E-state index in [0.717, 1.165) is 19.6 Å². The van der Waals surface area contributed by atoms with E-state index in [1.165, 1.54) is 0 Å². The minimum absolute atomic E-state index is 0.165. The molecule has 124 valence electrons. The maximum Gasteiger partial charge on any atom is 0.326 e. The van der Waals surface area contributed by atoms with E-state index in [2.05, 4.69) is 37.9 Å². The van der Waals surface area contributed by atoms with E-state index in [1.54, 1.807) is 0 Å². The summed E-state index contributed by atoms with van der Waals surface area (Å²) in [5.74, 6) is -0.181. The third-order valence-electron chi connectivity index (χ3n) is 3.97. The predicted octanol–water partition coefficient (Wildman–Crippen LogP) is 1.81. The molecule has 0 bridgehead atoms. The zero-order valence-electron chi connectivity index (χ0n) is 14.7. The molecule has 0 radical (unpaired) electrons. The third-order valence-corrected chi connectivity index (χ3v) is 3.97. The lowest BCUT2D eigenvalue weighted by Crippen LogP contribution is -2.58. The van der Waals surface area contributed by atoms with Gasteiger partial charge < -0.3 is 14.8 Å². The second-order valence-corrected chi connectivity index (χ2v) is 7.38. The Morgan fingerprint density at radius 2 is 1.81 bits per heavy atom. The molecule has 1 aliphatic heterocycles. The van der Waals surface area contributed by atoms with E-state index >= 15 is 0 Å². The molecule has 0 aliphatic carbocycles. The molecule has 1 fully saturated rings. The molecule has 1 aliphatic rings. The summed E-state index contributed by atoms with van der Waals surface area (Å²) in [7, 11) is 1.81. The number of rotatable bonds is 6. The number of esters is 1. The molecular formula is C16H32N2O3. The zero-order chi connectivity index (χ0) is 16.3. The Labute approximate surface area is 129 Å². The Bertz CT molecular complexity index is 353. The minimum Gasteiger partial charge on any atom is -0.465 e. The standard InChI is InChI=1S/C16H32N2O3/c1-8-20-13(19)16(6,17-7)9-10-18-11-14(2,3)21-15(4,5)12-18/h17H,8-12H2,1-7H3. The van der Waals surface area contributed by atoms with Crippen molar-refractivity contribution in [2.45, 2.75) is 64.7 Å². The number of hydrogen-bond donors (Lipinski definition) is 1. The molecule has 0 aromatic rings. The van der Waals surface area contributed by atoms with Gasteiger partial charge in [-0.15, -0.1) is 0 Å². The van der Waals surface area contributed by atoms with Crippen molar-refractivity contribution in [3.8, 4) is 0 Å². The van der Waals surface area contributed by atoms with Gasteiger partial charge >= 0.3 is 5.97 Å². The Morgan fingerprint density at radius 1 is 1.29 bits per heavy atom. The zero-order valence-corrected chi connectivity index (χ0v) is 14.7. The average Bonchev–Trinajstić information content (AvgIpc) is 2.32. The molecule has 1 atom stereocenters. The smallest absolute Gasteiger partial charge is 0.326 e. The summed E-state index contributed by atoms with van der Waals surface area (Å²) in [4.78, 5) is 14.5. The summed E-state index contributed by atoms with van der Waals surface area (Å²) in [5, 5.41) is 3.11. The fourth-order valence-electron chi connectivity index (χ4n) is 3.10. The van der Waals surface area contributed by atoms with E-state index in [0.29, 0.717) is 13.0 Å². The molecular weight excluding hydrogens is 268 g/mol. The largest absolute Gasteiger partial charge is 0.465 e. The number of carbonyl (C=O) groups is 1. The second kappa shape index (κ2) is 6.63. The molecule has 1 saturated heterocycles. The summed E-state index contributed by atoms with van der Waals surface area (Å²) in [6.45, 7) is 15.2. The van der Waals surface area contributed by atoms with E-state index < -0.39 is 5.54 Å². The van der Waals surface area contributed by atoms with Crippen LogP contribution in [-0.2, 0) is 14.3 Å². The van der Waals surface area contributed by atoms with Crippen LogP contribution in [0.4, 0.5) is 0 Å². The molecule has 1 unspecified atom stereocenters. The van der Waals surface area contributed by atoms with Gasteiger partial charge in [-0.3, -0.25) is 9.69 Å². The average molecular weight is 300 g/mol. The van der Waals surface area contributed by atoms with Crippen molar-refractivity contribution in [2.75, 3.05) is 33.3 Å². The first kappa shape index (κ1) is 18.4. The van der Waals surface area contributed by atoms with Crippen LogP contribution < -0.4 is 5.32 Å². The van der Waals surface area contributed by atoms with Gasteiger partial charge in [0, 0.05) is 19.6 Å². The highest BCUT2D eigenvalue weighted by Crippen LogP contribution is 2.28. The highest BCUT2D eigenvalue weighted by Gasteiger charge is 2.39. The Kier molecular flexibility index (Phi) is 5.81. The predicted molar refractivity (Wildman–Crippen MR) is 84.4 cm³/mol. The monoisotopic (exact) mass is 300 g/mol. The fourth-order valence-corrected chi connectivity index (χ4v) is 3.10. The Morgan fingerprint density at radius 3 is 2.24 bits per heavy atom. The third kappa shape index (κ3) is 5.24. The van der Waals surface area contributed by atoms with Crippen LogP contribution in [0.25, 0.3) is 0 Å². The molecule has 1 N–H and O–H groups in total. The van der Waals surface area contributed by atoms with Crippen molar-refractivity contribution in [3.05, 3.63) is 0 Å². The molecule has 21 heavy (non-hydrogen) atoms. The molecule has 1 rings (SSSR count). The van der Waals surface area contributed by atoms with Crippen molar-refractivity contribution in [1.82, 2.24) is 10.2 Å². The van der Waals surface area contributed by atoms with Gasteiger partial charge in [-0.2, -0.15) is 0 Å². The summed E-state index contributed by atoms with van der Waals surface area (Å²) in [6.07, 6.45) is 0.717. The van der Waals surface area contributed by atoms with Crippen LogP contribution in [0.1, 0.15) is 48.0 Å². The van der Waals surface area contributed by atoms with Gasteiger partial charge in [0.15, 0.2) is 0 Å². The first-order valence-electron chi connectivity index (χ1n) is 7.82. The van der Waals surface area contributed by atoms with Crippen molar-refractivity contribution >= 4 is 5.97 Å². The molecule has 5 nitrogen and oxygen atoms in total. The summed E-state index contributed by atoms with van der Waals surface area (Å²) >= 11 is 0. The van der Waals surface area contributed by atoms with Crippen LogP contribution >= 0.6 is 0 Å². The lowest BCUT2D eigenvalue weighted by molar-refractivity contribution is -0.181. The van der Waals surface area contributed by atoms with Crippen LogP contribution in [0.3, 0.4) is 0 Å². The topological polar surface area (TPSA) is 50.8 Å². The number of ether oxygens (including phenoxy) is 2. The van der Waals surface area contributed by atoms with E-state index in [-0.39, 0.29) is 17.2 Å². The van der Waals surface area contributed by atoms with Crippen molar-refractivity contribution < 1.29 is 14.3 Å². The van der Waals surface area contributed by atoms with E-state index in [4.69, 9.17) is 9.47 Å². The number of morpholine rings is 1. The molecule has 1 heterocycles. The van der Waals surface area contributed by atoms with Crippen LogP contribution in [0.2, 0.25) is 0 Å². The fraction of sp³-hybridized carbons (Fsp3) is 0.938. The van der Waals surface area contributed by atoms with Crippen molar-refractivity contribution in [3.63, 3.8) is 0 Å². The van der Waals surface area contributed by atoms with Gasteiger partial charge in [-0.25, -0.2) is 0 Å². The minimum atomic E-state index is -0.636. The van der Waals surface area contributed by atoms with Gasteiger partial charge in [-0.05, 0) is 55.0 Å². The number of nitrogens with zero attached hydrogens (tertiary/aromatic N) is 1. The van der Waals surface area contributed by atoms with E-state index in [9.17, 15) is 4.79 Å². The number of hydrogen-bond acceptors (Lipinski definition) is 5. The van der Waals surface area contributed by atoms with Crippen molar-refractivity contribution in [1.29, 1.82) is 0 Å². The quantitative estimate of drug-likeness (QED) is 0.758. The number of nitrogens with one attached hydrogen (secondary N) is 1. The first-order valence-corrected chi connectivity index (χ1v) is 7.82. The number of carbonyl (C=O) groups excluding carboxylic acids is 1. The highest BCUT2D eigenvalue weighted by molar-refractivity contribution is 5.80. The van der Waals surface area contributed by atoms with Crippen LogP contribution in [0, 0.1) is 0 Å². The Hall–Kier alpha value is -0.650. The Balaban J connectivity index is 2.66. The second-order valence-electron chi connectivity index (χ2n) is 7.38. The molecule has 0 aromatic carbocycles. The van der Waals surface area contributed by atoms with Gasteiger partial charge in [-0.1, -0.05) is 0 Å². The molecule has 0 aromatic heterocycles. The van der Waals surface area contributed by atoms with Crippen molar-refractivity contribution in [2.24, 2.45) is 0 Å². The van der Waals surface area contributed by atoms with Gasteiger partial charge in [0.05, 0.1) is 17.8 Å². The SMILES string of the molecule is CCOC(=O)C(C)(CCN1CC(C)(C)OC(C)(C)C1)NC. The molecule has 0 saturated carbocycles. The highest BCUT2D eigenvalue weighted by atomic mass is 16.5. The number of likely N-dealkylation sites (N-methyl/N-ethyl adjacent to an activating group) is 1. The van der Waals surface area contributed by atoms with Crippen LogP contribution in [0.5, 0.6) is 0 Å². The maximum absolute atomic E-state index is 12.1. The van der Waals surface area contributed by atoms with Crippen LogP contribution in [-0.4, -0.2) is 60.9 Å². The normalized spacial score (nSPS) is 24.3. The maximum atomic E-state index is 12.1. The summed E-state index contributed by atoms with van der Waals surface area (Å²) in [6, 6.07) is 0. The first-order chi connectivity index (χ1) is 9.53.